The first-order valence-corrected chi connectivity index (χ1v) is 8.57. The molecule has 6 nitrogen and oxygen atoms in total. The highest BCUT2D eigenvalue weighted by molar-refractivity contribution is 7.71. The SMILES string of the molecule is CC1CN(C(=O)Cn2c(-c3ccc(Cl)cc3)n[nH]c2=S)CC(C)O1. The van der Waals surface area contributed by atoms with Crippen molar-refractivity contribution in [2.75, 3.05) is 13.1 Å². The molecule has 8 heteroatoms. The van der Waals surface area contributed by atoms with E-state index in [9.17, 15) is 4.79 Å². The molecule has 24 heavy (non-hydrogen) atoms. The molecule has 0 spiro atoms. The molecule has 1 aromatic carbocycles. The second kappa shape index (κ2) is 7.04. The van der Waals surface area contributed by atoms with E-state index in [0.717, 1.165) is 5.56 Å². The van der Waals surface area contributed by atoms with Crippen LogP contribution in [0.25, 0.3) is 11.4 Å². The zero-order chi connectivity index (χ0) is 17.3. The number of halogens is 1. The summed E-state index contributed by atoms with van der Waals surface area (Å²) in [4.78, 5) is 14.5. The molecule has 2 atom stereocenters. The molecule has 1 fully saturated rings. The summed E-state index contributed by atoms with van der Waals surface area (Å²) in [7, 11) is 0. The lowest BCUT2D eigenvalue weighted by molar-refractivity contribution is -0.143. The predicted molar refractivity (Wildman–Crippen MR) is 94.4 cm³/mol. The van der Waals surface area contributed by atoms with Gasteiger partial charge in [-0.15, -0.1) is 0 Å². The van der Waals surface area contributed by atoms with Crippen molar-refractivity contribution in [3.05, 3.63) is 34.1 Å². The second-order valence-corrected chi connectivity index (χ2v) is 6.82. The van der Waals surface area contributed by atoms with Crippen LogP contribution >= 0.6 is 23.8 Å². The third-order valence-corrected chi connectivity index (χ3v) is 4.49. The molecule has 2 unspecified atom stereocenters. The topological polar surface area (TPSA) is 63.2 Å². The molecular weight excluding hydrogens is 348 g/mol. The van der Waals surface area contributed by atoms with Crippen LogP contribution in [-0.4, -0.2) is 50.9 Å². The molecule has 0 radical (unpaired) electrons. The summed E-state index contributed by atoms with van der Waals surface area (Å²) in [5.74, 6) is 0.629. The maximum Gasteiger partial charge on any atom is 0.242 e. The van der Waals surface area contributed by atoms with Crippen molar-refractivity contribution in [3.63, 3.8) is 0 Å². The van der Waals surface area contributed by atoms with E-state index < -0.39 is 0 Å². The fourth-order valence-electron chi connectivity index (χ4n) is 2.90. The molecule has 0 saturated carbocycles. The minimum atomic E-state index is 0.00436. The average molecular weight is 367 g/mol. The third-order valence-electron chi connectivity index (χ3n) is 3.93. The van der Waals surface area contributed by atoms with Crippen LogP contribution in [0.3, 0.4) is 0 Å². The van der Waals surface area contributed by atoms with Crippen LogP contribution in [0.4, 0.5) is 0 Å². The van der Waals surface area contributed by atoms with Gasteiger partial charge in [0, 0.05) is 23.7 Å². The Morgan fingerprint density at radius 3 is 2.58 bits per heavy atom. The van der Waals surface area contributed by atoms with E-state index in [2.05, 4.69) is 10.2 Å². The van der Waals surface area contributed by atoms with Gasteiger partial charge in [-0.1, -0.05) is 11.6 Å². The first kappa shape index (κ1) is 17.1. The van der Waals surface area contributed by atoms with Crippen molar-refractivity contribution in [2.45, 2.75) is 32.6 Å². The Kier molecular flexibility index (Phi) is 5.03. The number of aromatic nitrogens is 3. The van der Waals surface area contributed by atoms with E-state index in [1.165, 1.54) is 0 Å². The van der Waals surface area contributed by atoms with E-state index in [1.54, 1.807) is 16.7 Å². The van der Waals surface area contributed by atoms with Crippen LogP contribution in [0.15, 0.2) is 24.3 Å². The summed E-state index contributed by atoms with van der Waals surface area (Å²) in [5, 5.41) is 7.66. The number of nitrogens with zero attached hydrogens (tertiary/aromatic N) is 3. The predicted octanol–water partition coefficient (Wildman–Crippen LogP) is 2.90. The Morgan fingerprint density at radius 2 is 1.96 bits per heavy atom. The summed E-state index contributed by atoms with van der Waals surface area (Å²) >= 11 is 11.2. The monoisotopic (exact) mass is 366 g/mol. The van der Waals surface area contributed by atoms with E-state index >= 15 is 0 Å². The van der Waals surface area contributed by atoms with E-state index in [0.29, 0.717) is 28.7 Å². The standard InChI is InChI=1S/C16H19ClN4O2S/c1-10-7-20(8-11(2)23-10)14(22)9-21-15(18-19-16(21)24)12-3-5-13(17)6-4-12/h3-6,10-11H,7-9H2,1-2H3,(H,19,24). The average Bonchev–Trinajstić information content (AvgIpc) is 2.88. The minimum Gasteiger partial charge on any atom is -0.372 e. The first-order chi connectivity index (χ1) is 11.4. The van der Waals surface area contributed by atoms with Gasteiger partial charge < -0.3 is 9.64 Å². The lowest BCUT2D eigenvalue weighted by Crippen LogP contribution is -2.49. The van der Waals surface area contributed by atoms with Gasteiger partial charge in [-0.3, -0.25) is 14.5 Å². The molecule has 2 aromatic rings. The van der Waals surface area contributed by atoms with Gasteiger partial charge in [0.2, 0.25) is 5.91 Å². The molecule has 1 N–H and O–H groups in total. The number of carbonyl (C=O) groups is 1. The highest BCUT2D eigenvalue weighted by Crippen LogP contribution is 2.20. The number of amides is 1. The number of H-pyrrole nitrogens is 1. The molecule has 3 rings (SSSR count). The van der Waals surface area contributed by atoms with Crippen LogP contribution in [0.2, 0.25) is 5.02 Å². The summed E-state index contributed by atoms with van der Waals surface area (Å²) in [6, 6.07) is 7.28. The quantitative estimate of drug-likeness (QED) is 0.848. The van der Waals surface area contributed by atoms with Crippen molar-refractivity contribution >= 4 is 29.7 Å². The molecule has 0 aliphatic carbocycles. The normalized spacial score (nSPS) is 21.0. The highest BCUT2D eigenvalue weighted by atomic mass is 35.5. The van der Waals surface area contributed by atoms with Crippen molar-refractivity contribution in [1.82, 2.24) is 19.7 Å². The van der Waals surface area contributed by atoms with E-state index in [1.807, 2.05) is 30.9 Å². The highest BCUT2D eigenvalue weighted by Gasteiger charge is 2.26. The summed E-state index contributed by atoms with van der Waals surface area (Å²) in [6.45, 7) is 5.26. The fourth-order valence-corrected chi connectivity index (χ4v) is 3.22. The largest absolute Gasteiger partial charge is 0.372 e. The van der Waals surface area contributed by atoms with Crippen LogP contribution in [-0.2, 0) is 16.1 Å². The number of carbonyl (C=O) groups excluding carboxylic acids is 1. The number of ether oxygens (including phenoxy) is 1. The van der Waals surface area contributed by atoms with Crippen molar-refractivity contribution in [3.8, 4) is 11.4 Å². The van der Waals surface area contributed by atoms with Gasteiger partial charge in [0.1, 0.15) is 6.54 Å². The Bertz CT molecular complexity index is 776. The summed E-state index contributed by atoms with van der Waals surface area (Å²) in [5.41, 5.74) is 0.850. The Morgan fingerprint density at radius 1 is 1.33 bits per heavy atom. The summed E-state index contributed by atoms with van der Waals surface area (Å²) in [6.07, 6.45) is 0.0662. The minimum absolute atomic E-state index is 0.00436. The van der Waals surface area contributed by atoms with Gasteiger partial charge in [0.15, 0.2) is 10.6 Å². The zero-order valence-corrected chi connectivity index (χ0v) is 15.1. The maximum absolute atomic E-state index is 12.7. The molecular formula is C16H19ClN4O2S. The number of rotatable bonds is 3. The number of benzene rings is 1. The maximum atomic E-state index is 12.7. The van der Waals surface area contributed by atoms with E-state index in [-0.39, 0.29) is 24.7 Å². The van der Waals surface area contributed by atoms with Crippen molar-refractivity contribution in [1.29, 1.82) is 0 Å². The second-order valence-electron chi connectivity index (χ2n) is 6.00. The fraction of sp³-hybridized carbons (Fsp3) is 0.438. The molecule has 1 aromatic heterocycles. The van der Waals surface area contributed by atoms with Gasteiger partial charge in [-0.2, -0.15) is 5.10 Å². The molecule has 1 aliphatic rings. The molecule has 128 valence electrons. The number of hydrogen-bond donors (Lipinski definition) is 1. The zero-order valence-electron chi connectivity index (χ0n) is 13.5. The molecule has 1 amide bonds. The van der Waals surface area contributed by atoms with Crippen LogP contribution in [0, 0.1) is 4.77 Å². The van der Waals surface area contributed by atoms with E-state index in [4.69, 9.17) is 28.6 Å². The van der Waals surface area contributed by atoms with Gasteiger partial charge in [0.25, 0.3) is 0 Å². The van der Waals surface area contributed by atoms with Crippen LogP contribution in [0.1, 0.15) is 13.8 Å². The van der Waals surface area contributed by atoms with Crippen molar-refractivity contribution in [2.24, 2.45) is 0 Å². The lowest BCUT2D eigenvalue weighted by Gasteiger charge is -2.35. The molecule has 1 saturated heterocycles. The smallest absolute Gasteiger partial charge is 0.242 e. The van der Waals surface area contributed by atoms with Gasteiger partial charge in [0.05, 0.1) is 12.2 Å². The number of nitrogens with one attached hydrogen (secondary N) is 1. The number of aromatic amines is 1. The molecule has 2 heterocycles. The van der Waals surface area contributed by atoms with Crippen LogP contribution < -0.4 is 0 Å². The van der Waals surface area contributed by atoms with Gasteiger partial charge in [-0.25, -0.2) is 0 Å². The first-order valence-electron chi connectivity index (χ1n) is 7.78. The summed E-state index contributed by atoms with van der Waals surface area (Å²) < 4.78 is 7.81. The number of hydrogen-bond acceptors (Lipinski definition) is 4. The van der Waals surface area contributed by atoms with Gasteiger partial charge >= 0.3 is 0 Å². The van der Waals surface area contributed by atoms with Crippen molar-refractivity contribution < 1.29 is 9.53 Å². The van der Waals surface area contributed by atoms with Gasteiger partial charge in [-0.05, 0) is 50.3 Å². The lowest BCUT2D eigenvalue weighted by atomic mass is 10.2. The van der Waals surface area contributed by atoms with Crippen LogP contribution in [0.5, 0.6) is 0 Å². The Labute approximate surface area is 150 Å². The Hall–Kier alpha value is -1.70. The Balaban J connectivity index is 1.82. The molecule has 0 bridgehead atoms. The number of morpholine rings is 1. The third kappa shape index (κ3) is 3.68. The molecule has 1 aliphatic heterocycles.